The van der Waals surface area contributed by atoms with Crippen molar-refractivity contribution >= 4 is 21.3 Å². The Kier molecular flexibility index (Phi) is 3.91. The molecule has 0 amide bonds. The van der Waals surface area contributed by atoms with E-state index < -0.39 is 9.84 Å². The number of anilines is 1. The van der Waals surface area contributed by atoms with Crippen LogP contribution in [-0.4, -0.2) is 33.0 Å². The van der Waals surface area contributed by atoms with Crippen LogP contribution < -0.4 is 4.90 Å². The number of benzene rings is 1. The Labute approximate surface area is 120 Å². The van der Waals surface area contributed by atoms with Gasteiger partial charge in [-0.25, -0.2) is 8.42 Å². The molecule has 1 saturated heterocycles. The van der Waals surface area contributed by atoms with Gasteiger partial charge in [0, 0.05) is 24.4 Å². The second-order valence-electron chi connectivity index (χ2n) is 5.71. The Morgan fingerprint density at radius 1 is 1.30 bits per heavy atom. The summed E-state index contributed by atoms with van der Waals surface area (Å²) in [5, 5.41) is 0. The van der Waals surface area contributed by atoms with Crippen LogP contribution in [0.15, 0.2) is 23.1 Å². The summed E-state index contributed by atoms with van der Waals surface area (Å²) in [6.45, 7) is 6.59. The van der Waals surface area contributed by atoms with Crippen molar-refractivity contribution in [3.8, 4) is 0 Å². The number of carbonyl (C=O) groups is 1. The first kappa shape index (κ1) is 15.0. The summed E-state index contributed by atoms with van der Waals surface area (Å²) in [6.07, 6.45) is 2.25. The Hall–Kier alpha value is -1.36. The van der Waals surface area contributed by atoms with Gasteiger partial charge in [0.2, 0.25) is 0 Å². The third-order valence-corrected chi connectivity index (χ3v) is 5.36. The predicted molar refractivity (Wildman–Crippen MR) is 80.1 cm³/mol. The van der Waals surface area contributed by atoms with Crippen LogP contribution in [0.2, 0.25) is 0 Å². The molecule has 1 aliphatic rings. The fourth-order valence-corrected chi connectivity index (χ4v) is 3.58. The molecule has 20 heavy (non-hydrogen) atoms. The Bertz CT molecular complexity index is 637. The van der Waals surface area contributed by atoms with Gasteiger partial charge in [-0.05, 0) is 44.4 Å². The largest absolute Gasteiger partial charge is 0.367 e. The highest BCUT2D eigenvalue weighted by Gasteiger charge is 2.30. The molecule has 1 aliphatic heterocycles. The lowest BCUT2D eigenvalue weighted by molar-refractivity contribution is 0.101. The minimum Gasteiger partial charge on any atom is -0.367 e. The molecule has 0 unspecified atom stereocenters. The van der Waals surface area contributed by atoms with Gasteiger partial charge in [0.05, 0.1) is 10.6 Å². The van der Waals surface area contributed by atoms with Gasteiger partial charge in [0.15, 0.2) is 15.6 Å². The van der Waals surface area contributed by atoms with Crippen LogP contribution in [0.1, 0.15) is 37.6 Å². The van der Waals surface area contributed by atoms with E-state index in [1.165, 1.54) is 13.2 Å². The Balaban J connectivity index is 2.59. The predicted octanol–water partition coefficient (Wildman–Crippen LogP) is 2.53. The first-order valence-electron chi connectivity index (χ1n) is 6.83. The van der Waals surface area contributed by atoms with E-state index in [2.05, 4.69) is 18.7 Å². The molecule has 5 heteroatoms. The smallest absolute Gasteiger partial charge is 0.177 e. The molecule has 1 aromatic carbocycles. The van der Waals surface area contributed by atoms with Crippen LogP contribution in [0.3, 0.4) is 0 Å². The molecule has 0 bridgehead atoms. The summed E-state index contributed by atoms with van der Waals surface area (Å²) in [5.41, 5.74) is 1.22. The molecule has 0 aromatic heterocycles. The van der Waals surface area contributed by atoms with Gasteiger partial charge < -0.3 is 4.90 Å². The van der Waals surface area contributed by atoms with Gasteiger partial charge in [-0.3, -0.25) is 4.79 Å². The number of hydrogen-bond donors (Lipinski definition) is 0. The fourth-order valence-electron chi connectivity index (χ4n) is 2.71. The molecular weight excluding hydrogens is 274 g/mol. The van der Waals surface area contributed by atoms with Crippen LogP contribution in [0, 0.1) is 5.92 Å². The van der Waals surface area contributed by atoms with Crippen molar-refractivity contribution in [1.29, 1.82) is 0 Å². The third kappa shape index (κ3) is 2.73. The van der Waals surface area contributed by atoms with Crippen LogP contribution in [0.4, 0.5) is 5.69 Å². The topological polar surface area (TPSA) is 54.5 Å². The third-order valence-electron chi connectivity index (χ3n) is 4.21. The van der Waals surface area contributed by atoms with Gasteiger partial charge in [0.25, 0.3) is 0 Å². The van der Waals surface area contributed by atoms with E-state index in [1.54, 1.807) is 18.2 Å². The Morgan fingerprint density at radius 2 is 1.95 bits per heavy atom. The first-order chi connectivity index (χ1) is 9.21. The minimum absolute atomic E-state index is 0.0498. The van der Waals surface area contributed by atoms with Crippen molar-refractivity contribution in [3.63, 3.8) is 0 Å². The van der Waals surface area contributed by atoms with Crippen LogP contribution in [0.25, 0.3) is 0 Å². The van der Waals surface area contributed by atoms with E-state index >= 15 is 0 Å². The lowest BCUT2D eigenvalue weighted by atomic mass is 10.0. The maximum atomic E-state index is 12.0. The van der Waals surface area contributed by atoms with Crippen molar-refractivity contribution in [2.24, 2.45) is 5.92 Å². The average Bonchev–Trinajstić information content (AvgIpc) is 2.68. The maximum Gasteiger partial charge on any atom is 0.177 e. The highest BCUT2D eigenvalue weighted by molar-refractivity contribution is 7.90. The zero-order valence-electron chi connectivity index (χ0n) is 12.4. The molecule has 0 N–H and O–H groups in total. The lowest BCUT2D eigenvalue weighted by Gasteiger charge is -2.27. The number of hydrogen-bond acceptors (Lipinski definition) is 4. The molecule has 4 nitrogen and oxygen atoms in total. The van der Waals surface area contributed by atoms with Gasteiger partial charge in [0.1, 0.15) is 0 Å². The Morgan fingerprint density at radius 3 is 2.40 bits per heavy atom. The van der Waals surface area contributed by atoms with Crippen molar-refractivity contribution in [2.45, 2.75) is 38.1 Å². The number of nitrogens with zero attached hydrogens (tertiary/aromatic N) is 1. The molecule has 2 atom stereocenters. The van der Waals surface area contributed by atoms with Gasteiger partial charge >= 0.3 is 0 Å². The number of ketones is 1. The SMILES string of the molecule is CC(=O)c1ccc(S(C)(=O)=O)c(N2CC[C@H](C)[C@H]2C)c1. The second-order valence-corrected chi connectivity index (χ2v) is 7.69. The number of rotatable bonds is 3. The molecule has 1 heterocycles. The molecule has 0 spiro atoms. The molecular formula is C15H21NO3S. The van der Waals surface area contributed by atoms with E-state index in [4.69, 9.17) is 0 Å². The molecule has 2 rings (SSSR count). The average molecular weight is 295 g/mol. The number of Topliss-reactive ketones (excluding diaryl/α,β-unsaturated/α-hetero) is 1. The van der Waals surface area contributed by atoms with E-state index in [0.717, 1.165) is 13.0 Å². The molecule has 0 aliphatic carbocycles. The maximum absolute atomic E-state index is 12.0. The molecule has 110 valence electrons. The van der Waals surface area contributed by atoms with Crippen molar-refractivity contribution in [3.05, 3.63) is 23.8 Å². The highest BCUT2D eigenvalue weighted by Crippen LogP contribution is 2.34. The molecule has 1 fully saturated rings. The zero-order chi connectivity index (χ0) is 15.1. The summed E-state index contributed by atoms with van der Waals surface area (Å²) in [5.74, 6) is 0.467. The normalized spacial score (nSPS) is 23.1. The van der Waals surface area contributed by atoms with Gasteiger partial charge in [-0.2, -0.15) is 0 Å². The van der Waals surface area contributed by atoms with Crippen molar-refractivity contribution in [2.75, 3.05) is 17.7 Å². The van der Waals surface area contributed by atoms with Crippen LogP contribution in [-0.2, 0) is 9.84 Å². The van der Waals surface area contributed by atoms with E-state index in [1.807, 2.05) is 0 Å². The molecule has 0 saturated carbocycles. The number of carbonyl (C=O) groups excluding carboxylic acids is 1. The fraction of sp³-hybridized carbons (Fsp3) is 0.533. The molecule has 0 radical (unpaired) electrons. The van der Waals surface area contributed by atoms with E-state index in [9.17, 15) is 13.2 Å². The summed E-state index contributed by atoms with van der Waals surface area (Å²) in [4.78, 5) is 14.0. The lowest BCUT2D eigenvalue weighted by Crippen LogP contribution is -2.30. The first-order valence-corrected chi connectivity index (χ1v) is 8.72. The van der Waals surface area contributed by atoms with Gasteiger partial charge in [-0.15, -0.1) is 0 Å². The monoisotopic (exact) mass is 295 g/mol. The van der Waals surface area contributed by atoms with E-state index in [-0.39, 0.29) is 11.8 Å². The summed E-state index contributed by atoms with van der Waals surface area (Å²) >= 11 is 0. The summed E-state index contributed by atoms with van der Waals surface area (Å²) in [7, 11) is -3.31. The number of sulfone groups is 1. The van der Waals surface area contributed by atoms with Crippen molar-refractivity contribution < 1.29 is 13.2 Å². The highest BCUT2D eigenvalue weighted by atomic mass is 32.2. The second kappa shape index (κ2) is 5.20. The minimum atomic E-state index is -3.31. The molecule has 1 aromatic rings. The summed E-state index contributed by atoms with van der Waals surface area (Å²) < 4.78 is 23.9. The van der Waals surface area contributed by atoms with Crippen LogP contribution >= 0.6 is 0 Å². The quantitative estimate of drug-likeness (QED) is 0.804. The summed E-state index contributed by atoms with van der Waals surface area (Å²) in [6, 6.07) is 5.13. The van der Waals surface area contributed by atoms with Crippen LogP contribution in [0.5, 0.6) is 0 Å². The standard InChI is InChI=1S/C15H21NO3S/c1-10-7-8-16(11(10)2)14-9-13(12(3)17)5-6-15(14)20(4,18)19/h5-6,9-11H,7-8H2,1-4H3/t10-,11+/m0/s1. The van der Waals surface area contributed by atoms with Crippen molar-refractivity contribution in [1.82, 2.24) is 0 Å². The zero-order valence-corrected chi connectivity index (χ0v) is 13.2. The van der Waals surface area contributed by atoms with Gasteiger partial charge in [-0.1, -0.05) is 6.92 Å². The van der Waals surface area contributed by atoms with E-state index in [0.29, 0.717) is 22.1 Å².